The number of thiophene rings is 1. The number of carbonyl (C=O) groups is 1. The van der Waals surface area contributed by atoms with Gasteiger partial charge in [-0.15, -0.1) is 11.3 Å². The van der Waals surface area contributed by atoms with Crippen molar-refractivity contribution in [1.29, 1.82) is 0 Å². The molecule has 0 bridgehead atoms. The predicted octanol–water partition coefficient (Wildman–Crippen LogP) is 4.37. The highest BCUT2D eigenvalue weighted by Gasteiger charge is 2.61. The topological polar surface area (TPSA) is 41.1 Å². The molecule has 2 N–H and O–H groups in total. The summed E-state index contributed by atoms with van der Waals surface area (Å²) in [6, 6.07) is 0.537. The number of anilines is 1. The fourth-order valence-corrected chi connectivity index (χ4v) is 5.61. The Kier molecular flexibility index (Phi) is 4.14. The van der Waals surface area contributed by atoms with E-state index in [1.165, 1.54) is 36.1 Å². The molecule has 0 aliphatic heterocycles. The number of amides is 1. The summed E-state index contributed by atoms with van der Waals surface area (Å²) in [5.74, 6) is -4.48. The van der Waals surface area contributed by atoms with Crippen LogP contribution in [0.5, 0.6) is 0 Å². The second-order valence-electron chi connectivity index (χ2n) is 6.72. The van der Waals surface area contributed by atoms with Crippen LogP contribution < -0.4 is 10.0 Å². The van der Waals surface area contributed by atoms with Gasteiger partial charge in [-0.25, -0.2) is 8.78 Å². The molecule has 0 radical (unpaired) electrons. The molecule has 0 spiro atoms. The summed E-state index contributed by atoms with van der Waals surface area (Å²) >= 11 is 3.16. The van der Waals surface area contributed by atoms with Crippen LogP contribution in [0, 0.1) is 5.92 Å². The highest BCUT2D eigenvalue weighted by molar-refractivity contribution is 7.97. The zero-order chi connectivity index (χ0) is 16.0. The molecular formula is C16H20F2N2OS2. The Bertz CT molecular complexity index is 628. The van der Waals surface area contributed by atoms with E-state index in [0.29, 0.717) is 6.04 Å². The highest BCUT2D eigenvalue weighted by Crippen LogP contribution is 2.50. The van der Waals surface area contributed by atoms with Crippen molar-refractivity contribution in [3.63, 3.8) is 0 Å². The summed E-state index contributed by atoms with van der Waals surface area (Å²) in [5.41, 5.74) is 1.32. The first-order valence-corrected chi connectivity index (χ1v) is 9.93. The van der Waals surface area contributed by atoms with Crippen LogP contribution in [-0.2, 0) is 17.6 Å². The minimum Gasteiger partial charge on any atom is -0.316 e. The zero-order valence-corrected chi connectivity index (χ0v) is 14.4. The first kappa shape index (κ1) is 15.8. The SMILES string of the molecule is O=C(Nc1sc2c(c1SNC1CCC1)CCCC2)C1CC1(F)F. The lowest BCUT2D eigenvalue weighted by Gasteiger charge is -2.26. The maximum absolute atomic E-state index is 13.1. The largest absolute Gasteiger partial charge is 0.316 e. The van der Waals surface area contributed by atoms with E-state index in [4.69, 9.17) is 0 Å². The van der Waals surface area contributed by atoms with Gasteiger partial charge in [-0.2, -0.15) is 0 Å². The molecule has 1 amide bonds. The van der Waals surface area contributed by atoms with Crippen molar-refractivity contribution in [3.05, 3.63) is 10.4 Å². The molecule has 0 saturated heterocycles. The van der Waals surface area contributed by atoms with Gasteiger partial charge in [0, 0.05) is 17.3 Å². The first-order chi connectivity index (χ1) is 11.0. The summed E-state index contributed by atoms with van der Waals surface area (Å²) in [5, 5.41) is 3.55. The van der Waals surface area contributed by atoms with Gasteiger partial charge in [0.05, 0.1) is 4.90 Å². The van der Waals surface area contributed by atoms with E-state index in [-0.39, 0.29) is 6.42 Å². The number of fused-ring (bicyclic) bond motifs is 1. The van der Waals surface area contributed by atoms with Crippen molar-refractivity contribution in [1.82, 2.24) is 4.72 Å². The quantitative estimate of drug-likeness (QED) is 0.768. The average molecular weight is 358 g/mol. The number of hydrogen-bond acceptors (Lipinski definition) is 4. The molecule has 1 heterocycles. The van der Waals surface area contributed by atoms with Gasteiger partial charge in [-0.1, -0.05) is 6.42 Å². The monoisotopic (exact) mass is 358 g/mol. The van der Waals surface area contributed by atoms with E-state index < -0.39 is 17.7 Å². The number of nitrogens with one attached hydrogen (secondary N) is 2. The van der Waals surface area contributed by atoms with Crippen LogP contribution >= 0.6 is 23.3 Å². The molecule has 2 fully saturated rings. The van der Waals surface area contributed by atoms with Crippen LogP contribution in [0.25, 0.3) is 0 Å². The summed E-state index contributed by atoms with van der Waals surface area (Å²) in [4.78, 5) is 14.4. The minimum absolute atomic E-state index is 0.313. The van der Waals surface area contributed by atoms with E-state index in [2.05, 4.69) is 10.0 Å². The van der Waals surface area contributed by atoms with E-state index in [1.54, 1.807) is 23.3 Å². The second kappa shape index (κ2) is 6.01. The Morgan fingerprint density at radius 3 is 2.61 bits per heavy atom. The lowest BCUT2D eigenvalue weighted by atomic mass is 9.94. The third kappa shape index (κ3) is 3.15. The lowest BCUT2D eigenvalue weighted by Crippen LogP contribution is -2.30. The number of halogens is 2. The molecular weight excluding hydrogens is 338 g/mol. The maximum atomic E-state index is 13.1. The molecule has 23 heavy (non-hydrogen) atoms. The third-order valence-electron chi connectivity index (χ3n) is 4.93. The Balaban J connectivity index is 1.52. The van der Waals surface area contributed by atoms with Crippen molar-refractivity contribution in [2.45, 2.75) is 68.2 Å². The first-order valence-electron chi connectivity index (χ1n) is 8.30. The number of aryl methyl sites for hydroxylation is 1. The van der Waals surface area contributed by atoms with Crippen molar-refractivity contribution >= 4 is 34.2 Å². The van der Waals surface area contributed by atoms with Gasteiger partial charge in [0.2, 0.25) is 5.91 Å². The Hall–Kier alpha value is -0.660. The molecule has 1 atom stereocenters. The smallest absolute Gasteiger partial charge is 0.260 e. The van der Waals surface area contributed by atoms with E-state index in [1.807, 2.05) is 0 Å². The molecule has 2 saturated carbocycles. The summed E-state index contributed by atoms with van der Waals surface area (Å²) in [6.45, 7) is 0. The number of rotatable bonds is 5. The Labute approximate surface area is 142 Å². The molecule has 1 aromatic heterocycles. The number of carbonyl (C=O) groups excluding carboxylic acids is 1. The summed E-state index contributed by atoms with van der Waals surface area (Å²) < 4.78 is 29.7. The standard InChI is InChI=1S/C16H20F2N2OS2/c17-16(18)8-11(16)14(21)19-15-13(23-20-9-4-3-5-9)10-6-1-2-7-12(10)22-15/h9,11,20H,1-8H2,(H,19,21). The number of hydrogen-bond donors (Lipinski definition) is 2. The van der Waals surface area contributed by atoms with Gasteiger partial charge in [0.1, 0.15) is 10.9 Å². The molecule has 4 rings (SSSR count). The minimum atomic E-state index is -2.81. The molecule has 1 unspecified atom stereocenters. The fourth-order valence-electron chi connectivity index (χ4n) is 3.09. The average Bonchev–Trinajstić information content (AvgIpc) is 2.97. The Morgan fingerprint density at radius 2 is 1.96 bits per heavy atom. The van der Waals surface area contributed by atoms with Crippen molar-refractivity contribution in [3.8, 4) is 0 Å². The molecule has 126 valence electrons. The van der Waals surface area contributed by atoms with Gasteiger partial charge in [-0.3, -0.25) is 9.52 Å². The molecule has 1 aromatic rings. The molecule has 3 nitrogen and oxygen atoms in total. The predicted molar refractivity (Wildman–Crippen MR) is 89.3 cm³/mol. The van der Waals surface area contributed by atoms with Crippen LogP contribution in [0.1, 0.15) is 49.0 Å². The van der Waals surface area contributed by atoms with Gasteiger partial charge < -0.3 is 5.32 Å². The van der Waals surface area contributed by atoms with Gasteiger partial charge in [-0.05, 0) is 56.0 Å². The van der Waals surface area contributed by atoms with Crippen molar-refractivity contribution in [2.75, 3.05) is 5.32 Å². The van der Waals surface area contributed by atoms with Crippen LogP contribution in [0.3, 0.4) is 0 Å². The maximum Gasteiger partial charge on any atom is 0.260 e. The summed E-state index contributed by atoms with van der Waals surface area (Å²) in [6.07, 6.45) is 7.72. The van der Waals surface area contributed by atoms with Gasteiger partial charge in [0.15, 0.2) is 0 Å². The van der Waals surface area contributed by atoms with E-state index >= 15 is 0 Å². The van der Waals surface area contributed by atoms with Gasteiger partial charge in [0.25, 0.3) is 5.92 Å². The highest BCUT2D eigenvalue weighted by atomic mass is 32.2. The molecule has 7 heteroatoms. The zero-order valence-electron chi connectivity index (χ0n) is 12.8. The fraction of sp³-hybridized carbons (Fsp3) is 0.688. The molecule has 3 aliphatic carbocycles. The van der Waals surface area contributed by atoms with Crippen LogP contribution in [0.4, 0.5) is 13.8 Å². The molecule has 0 aromatic carbocycles. The van der Waals surface area contributed by atoms with Gasteiger partial charge >= 0.3 is 0 Å². The third-order valence-corrected chi connectivity index (χ3v) is 7.38. The van der Waals surface area contributed by atoms with Crippen molar-refractivity contribution < 1.29 is 13.6 Å². The normalized spacial score (nSPS) is 25.6. The lowest BCUT2D eigenvalue weighted by molar-refractivity contribution is -0.119. The van der Waals surface area contributed by atoms with Crippen LogP contribution in [-0.4, -0.2) is 17.9 Å². The number of alkyl halides is 2. The van der Waals surface area contributed by atoms with E-state index in [0.717, 1.165) is 29.2 Å². The molecule has 3 aliphatic rings. The summed E-state index contributed by atoms with van der Waals surface area (Å²) in [7, 11) is 0. The van der Waals surface area contributed by atoms with Crippen LogP contribution in [0.15, 0.2) is 4.90 Å². The van der Waals surface area contributed by atoms with E-state index in [9.17, 15) is 13.6 Å². The Morgan fingerprint density at radius 1 is 1.22 bits per heavy atom. The van der Waals surface area contributed by atoms with Crippen molar-refractivity contribution in [2.24, 2.45) is 5.92 Å². The van der Waals surface area contributed by atoms with Crippen LogP contribution in [0.2, 0.25) is 0 Å². The second-order valence-corrected chi connectivity index (χ2v) is 8.68.